The number of sulfonamides is 1. The van der Waals surface area contributed by atoms with Crippen molar-refractivity contribution in [2.75, 3.05) is 25.4 Å². The molecular formula is C22H24N4O3S. The molecule has 1 fully saturated rings. The normalized spacial score (nSPS) is 15.9. The Bertz CT molecular complexity index is 1110. The number of amides is 1. The molecule has 4 rings (SSSR count). The maximum Gasteiger partial charge on any atom is 0.255 e. The molecular weight excluding hydrogens is 400 g/mol. The van der Waals surface area contributed by atoms with Crippen LogP contribution in [0.25, 0.3) is 11.3 Å². The van der Waals surface area contributed by atoms with E-state index in [0.29, 0.717) is 30.8 Å². The summed E-state index contributed by atoms with van der Waals surface area (Å²) in [4.78, 5) is 12.9. The van der Waals surface area contributed by atoms with E-state index in [0.717, 1.165) is 11.1 Å². The highest BCUT2D eigenvalue weighted by atomic mass is 32.2. The van der Waals surface area contributed by atoms with E-state index < -0.39 is 10.0 Å². The minimum atomic E-state index is -3.17. The molecule has 0 atom stereocenters. The summed E-state index contributed by atoms with van der Waals surface area (Å²) in [6.45, 7) is 1.62. The van der Waals surface area contributed by atoms with Crippen LogP contribution in [-0.2, 0) is 16.6 Å². The van der Waals surface area contributed by atoms with Crippen molar-refractivity contribution < 1.29 is 13.2 Å². The first-order valence-electron chi connectivity index (χ1n) is 9.96. The zero-order valence-corrected chi connectivity index (χ0v) is 17.4. The Morgan fingerprint density at radius 3 is 2.40 bits per heavy atom. The highest BCUT2D eigenvalue weighted by Gasteiger charge is 2.27. The number of hydrogen-bond donors (Lipinski definition) is 1. The largest absolute Gasteiger partial charge is 0.351 e. The van der Waals surface area contributed by atoms with E-state index >= 15 is 0 Å². The van der Waals surface area contributed by atoms with Crippen molar-refractivity contribution in [3.05, 3.63) is 78.0 Å². The van der Waals surface area contributed by atoms with Crippen molar-refractivity contribution in [3.63, 3.8) is 0 Å². The molecule has 0 unspecified atom stereocenters. The van der Waals surface area contributed by atoms with Crippen molar-refractivity contribution in [2.24, 2.45) is 0 Å². The van der Waals surface area contributed by atoms with E-state index in [1.807, 2.05) is 60.7 Å². The van der Waals surface area contributed by atoms with Gasteiger partial charge in [0.1, 0.15) is 5.69 Å². The molecule has 156 valence electrons. The fourth-order valence-electron chi connectivity index (χ4n) is 3.58. The minimum Gasteiger partial charge on any atom is -0.351 e. The van der Waals surface area contributed by atoms with Crippen LogP contribution in [0.2, 0.25) is 0 Å². The lowest BCUT2D eigenvalue weighted by Crippen LogP contribution is -2.35. The zero-order valence-electron chi connectivity index (χ0n) is 16.6. The van der Waals surface area contributed by atoms with Crippen LogP contribution in [0, 0.1) is 0 Å². The van der Waals surface area contributed by atoms with Crippen molar-refractivity contribution in [1.82, 2.24) is 19.4 Å². The molecule has 30 heavy (non-hydrogen) atoms. The number of hydrogen-bond acceptors (Lipinski definition) is 4. The third kappa shape index (κ3) is 4.60. The number of carbonyl (C=O) groups excluding carboxylic acids is 1. The second-order valence-corrected chi connectivity index (χ2v) is 9.35. The first-order valence-corrected chi connectivity index (χ1v) is 11.6. The fourth-order valence-corrected chi connectivity index (χ4v) is 5.11. The standard InChI is InChI=1S/C22H24N4O3S/c27-22(23-12-14-26-13-7-15-30(26,28)29)20-17-25(16-18-8-3-1-4-9-18)24-21(20)19-10-5-2-6-11-19/h1-6,8-11,17H,7,12-16H2,(H,23,27). The summed E-state index contributed by atoms with van der Waals surface area (Å²) in [7, 11) is -3.17. The summed E-state index contributed by atoms with van der Waals surface area (Å²) in [6.07, 6.45) is 2.39. The molecule has 8 heteroatoms. The van der Waals surface area contributed by atoms with Gasteiger partial charge in [-0.05, 0) is 12.0 Å². The summed E-state index contributed by atoms with van der Waals surface area (Å²) in [5.74, 6) is -0.0736. The predicted octanol–water partition coefficient (Wildman–Crippen LogP) is 2.36. The first kappa shape index (κ1) is 20.3. The second-order valence-electron chi connectivity index (χ2n) is 7.27. The topological polar surface area (TPSA) is 84.3 Å². The average Bonchev–Trinajstić information content (AvgIpc) is 3.32. The smallest absolute Gasteiger partial charge is 0.255 e. The van der Waals surface area contributed by atoms with E-state index in [2.05, 4.69) is 10.4 Å². The van der Waals surface area contributed by atoms with Crippen LogP contribution in [0.15, 0.2) is 66.9 Å². The molecule has 1 N–H and O–H groups in total. The SMILES string of the molecule is O=C(NCCN1CCCS1(=O)=O)c1cn(Cc2ccccc2)nc1-c1ccccc1. The van der Waals surface area contributed by atoms with E-state index in [1.54, 1.807) is 10.9 Å². The number of nitrogens with one attached hydrogen (secondary N) is 1. The molecule has 0 aliphatic carbocycles. The Balaban J connectivity index is 1.52. The summed E-state index contributed by atoms with van der Waals surface area (Å²) < 4.78 is 27.0. The Hall–Kier alpha value is -2.97. The van der Waals surface area contributed by atoms with Gasteiger partial charge in [-0.2, -0.15) is 5.10 Å². The molecule has 0 saturated carbocycles. The molecule has 2 heterocycles. The number of carbonyl (C=O) groups is 1. The van der Waals surface area contributed by atoms with Crippen LogP contribution in [0.1, 0.15) is 22.3 Å². The number of nitrogens with zero attached hydrogens (tertiary/aromatic N) is 3. The van der Waals surface area contributed by atoms with Crippen LogP contribution in [0.4, 0.5) is 0 Å². The van der Waals surface area contributed by atoms with Crippen LogP contribution in [0.5, 0.6) is 0 Å². The number of aromatic nitrogens is 2. The molecule has 7 nitrogen and oxygen atoms in total. The van der Waals surface area contributed by atoms with Crippen LogP contribution in [0.3, 0.4) is 0 Å². The van der Waals surface area contributed by atoms with Gasteiger partial charge in [0.05, 0.1) is 17.9 Å². The Morgan fingerprint density at radius 1 is 1.03 bits per heavy atom. The van der Waals surface area contributed by atoms with Gasteiger partial charge in [-0.1, -0.05) is 60.7 Å². The lowest BCUT2D eigenvalue weighted by atomic mass is 10.1. The van der Waals surface area contributed by atoms with Gasteiger partial charge in [-0.3, -0.25) is 9.48 Å². The molecule has 1 amide bonds. The van der Waals surface area contributed by atoms with Crippen LogP contribution < -0.4 is 5.32 Å². The summed E-state index contributed by atoms with van der Waals surface area (Å²) in [5.41, 5.74) is 3.03. The molecule has 2 aromatic carbocycles. The highest BCUT2D eigenvalue weighted by Crippen LogP contribution is 2.22. The van der Waals surface area contributed by atoms with Gasteiger partial charge in [-0.15, -0.1) is 0 Å². The van der Waals surface area contributed by atoms with Gasteiger partial charge in [0, 0.05) is 31.4 Å². The third-order valence-electron chi connectivity index (χ3n) is 5.09. The van der Waals surface area contributed by atoms with Gasteiger partial charge >= 0.3 is 0 Å². The lowest BCUT2D eigenvalue weighted by Gasteiger charge is -2.14. The van der Waals surface area contributed by atoms with Crippen LogP contribution in [-0.4, -0.2) is 53.8 Å². The highest BCUT2D eigenvalue weighted by molar-refractivity contribution is 7.89. The van der Waals surface area contributed by atoms with Gasteiger partial charge in [0.2, 0.25) is 10.0 Å². The van der Waals surface area contributed by atoms with Crippen molar-refractivity contribution in [2.45, 2.75) is 13.0 Å². The van der Waals surface area contributed by atoms with Crippen molar-refractivity contribution >= 4 is 15.9 Å². The fraction of sp³-hybridized carbons (Fsp3) is 0.273. The molecule has 1 aliphatic heterocycles. The lowest BCUT2D eigenvalue weighted by molar-refractivity contribution is 0.0952. The molecule has 3 aromatic rings. The first-order chi connectivity index (χ1) is 14.5. The number of benzene rings is 2. The van der Waals surface area contributed by atoms with Gasteiger partial charge in [0.25, 0.3) is 5.91 Å². The molecule has 1 aromatic heterocycles. The average molecular weight is 425 g/mol. The van der Waals surface area contributed by atoms with Crippen LogP contribution >= 0.6 is 0 Å². The Labute approximate surface area is 176 Å². The zero-order chi connectivity index (χ0) is 21.0. The maximum absolute atomic E-state index is 12.9. The summed E-state index contributed by atoms with van der Waals surface area (Å²) in [6, 6.07) is 19.5. The molecule has 0 spiro atoms. The molecule has 1 saturated heterocycles. The summed E-state index contributed by atoms with van der Waals surface area (Å²) in [5, 5.41) is 7.51. The van der Waals surface area contributed by atoms with Gasteiger partial charge < -0.3 is 5.32 Å². The van der Waals surface area contributed by atoms with E-state index in [9.17, 15) is 13.2 Å². The molecule has 1 aliphatic rings. The van der Waals surface area contributed by atoms with E-state index in [1.165, 1.54) is 4.31 Å². The van der Waals surface area contributed by atoms with Crippen molar-refractivity contribution in [1.29, 1.82) is 0 Å². The second kappa shape index (κ2) is 8.81. The predicted molar refractivity (Wildman–Crippen MR) is 116 cm³/mol. The summed E-state index contributed by atoms with van der Waals surface area (Å²) >= 11 is 0. The quantitative estimate of drug-likeness (QED) is 0.631. The van der Waals surface area contributed by atoms with E-state index in [4.69, 9.17) is 0 Å². The monoisotopic (exact) mass is 424 g/mol. The molecule has 0 bridgehead atoms. The number of rotatable bonds is 7. The maximum atomic E-state index is 12.9. The van der Waals surface area contributed by atoms with Crippen molar-refractivity contribution in [3.8, 4) is 11.3 Å². The van der Waals surface area contributed by atoms with E-state index in [-0.39, 0.29) is 24.7 Å². The minimum absolute atomic E-state index is 0.186. The Morgan fingerprint density at radius 2 is 1.73 bits per heavy atom. The van der Waals surface area contributed by atoms with Gasteiger partial charge in [0.15, 0.2) is 0 Å². The third-order valence-corrected chi connectivity index (χ3v) is 7.05. The Kier molecular flexibility index (Phi) is 5.96. The molecule has 0 radical (unpaired) electrons. The van der Waals surface area contributed by atoms with Gasteiger partial charge in [-0.25, -0.2) is 12.7 Å².